The first-order valence-corrected chi connectivity index (χ1v) is 8.43. The Bertz CT molecular complexity index is 847. The highest BCUT2D eigenvalue weighted by Crippen LogP contribution is 2.39. The molecule has 1 aliphatic heterocycles. The van der Waals surface area contributed by atoms with E-state index in [2.05, 4.69) is 10.1 Å². The van der Waals surface area contributed by atoms with Gasteiger partial charge in [0, 0.05) is 11.6 Å². The van der Waals surface area contributed by atoms with Crippen LogP contribution in [0, 0.1) is 0 Å². The summed E-state index contributed by atoms with van der Waals surface area (Å²) < 4.78 is 35.4. The van der Waals surface area contributed by atoms with Gasteiger partial charge >= 0.3 is 6.61 Å². The molecule has 4 nitrogen and oxygen atoms in total. The van der Waals surface area contributed by atoms with Gasteiger partial charge in [0.2, 0.25) is 5.78 Å². The van der Waals surface area contributed by atoms with Crippen LogP contribution in [0.15, 0.2) is 60.5 Å². The first-order valence-electron chi connectivity index (χ1n) is 8.43. The summed E-state index contributed by atoms with van der Waals surface area (Å²) in [5, 5.41) is 3.24. The molecule has 1 heterocycles. The highest BCUT2D eigenvalue weighted by Gasteiger charge is 2.39. The normalized spacial score (nSPS) is 19.7. The van der Waals surface area contributed by atoms with Gasteiger partial charge in [-0.05, 0) is 30.5 Å². The summed E-state index contributed by atoms with van der Waals surface area (Å²) in [4.78, 5) is 13.0. The van der Waals surface area contributed by atoms with Gasteiger partial charge in [-0.25, -0.2) is 0 Å². The topological polar surface area (TPSA) is 47.6 Å². The summed E-state index contributed by atoms with van der Waals surface area (Å²) in [6, 6.07) is 15.6. The van der Waals surface area contributed by atoms with Crippen molar-refractivity contribution < 1.29 is 23.0 Å². The van der Waals surface area contributed by atoms with Crippen LogP contribution in [0.3, 0.4) is 0 Å². The van der Waals surface area contributed by atoms with E-state index in [-0.39, 0.29) is 17.6 Å². The van der Waals surface area contributed by atoms with Crippen LogP contribution >= 0.6 is 0 Å². The molecule has 0 saturated heterocycles. The third-order valence-electron chi connectivity index (χ3n) is 4.31. The molecule has 1 aliphatic carbocycles. The fourth-order valence-corrected chi connectivity index (χ4v) is 2.94. The van der Waals surface area contributed by atoms with E-state index in [1.54, 1.807) is 12.1 Å². The predicted molar refractivity (Wildman–Crippen MR) is 91.4 cm³/mol. The average Bonchev–Trinajstić information content (AvgIpc) is 3.38. The van der Waals surface area contributed by atoms with E-state index in [9.17, 15) is 13.6 Å². The minimum absolute atomic E-state index is 0.00623. The number of rotatable bonds is 6. The third kappa shape index (κ3) is 3.40. The summed E-state index contributed by atoms with van der Waals surface area (Å²) in [5.74, 6) is 0.209. The molecule has 6 heteroatoms. The largest absolute Gasteiger partial charge is 0.462 e. The van der Waals surface area contributed by atoms with Crippen LogP contribution in [-0.4, -0.2) is 18.4 Å². The molecule has 1 saturated carbocycles. The van der Waals surface area contributed by atoms with Gasteiger partial charge in [-0.3, -0.25) is 4.79 Å². The van der Waals surface area contributed by atoms with E-state index in [0.29, 0.717) is 17.0 Å². The number of Topliss-reactive ketones (excluding diaryl/α,β-unsaturated/α-hetero) is 1. The molecular formula is C20H17F2NO3. The van der Waals surface area contributed by atoms with Gasteiger partial charge in [-0.2, -0.15) is 8.78 Å². The molecular weight excluding hydrogens is 340 g/mol. The van der Waals surface area contributed by atoms with Crippen LogP contribution in [0.2, 0.25) is 0 Å². The van der Waals surface area contributed by atoms with Crippen molar-refractivity contribution in [3.63, 3.8) is 0 Å². The number of hydrogen-bond acceptors (Lipinski definition) is 4. The van der Waals surface area contributed by atoms with Crippen LogP contribution < -0.4 is 10.1 Å². The molecule has 1 atom stereocenters. The van der Waals surface area contributed by atoms with Crippen molar-refractivity contribution in [2.75, 3.05) is 0 Å². The Labute approximate surface area is 149 Å². The minimum Gasteiger partial charge on any atom is -0.462 e. The van der Waals surface area contributed by atoms with Crippen molar-refractivity contribution in [1.82, 2.24) is 5.32 Å². The Morgan fingerprint density at radius 1 is 1.08 bits per heavy atom. The summed E-state index contributed by atoms with van der Waals surface area (Å²) in [7, 11) is 0. The van der Waals surface area contributed by atoms with Crippen LogP contribution in [0.4, 0.5) is 8.78 Å². The number of carbonyl (C=O) groups is 1. The summed E-state index contributed by atoms with van der Waals surface area (Å²) >= 11 is 0. The Balaban J connectivity index is 1.69. The molecule has 2 aromatic rings. The average molecular weight is 357 g/mol. The molecule has 4 rings (SSSR count). The Hall–Kier alpha value is -2.89. The number of halogens is 2. The summed E-state index contributed by atoms with van der Waals surface area (Å²) in [5.41, 5.74) is 1.61. The maximum absolute atomic E-state index is 13.0. The molecule has 1 fully saturated rings. The van der Waals surface area contributed by atoms with Gasteiger partial charge in [0.15, 0.2) is 12.0 Å². The second kappa shape index (κ2) is 6.78. The maximum atomic E-state index is 13.0. The Morgan fingerprint density at radius 2 is 1.85 bits per heavy atom. The second-order valence-electron chi connectivity index (χ2n) is 6.30. The van der Waals surface area contributed by atoms with Gasteiger partial charge in [0.05, 0.1) is 5.57 Å². The van der Waals surface area contributed by atoms with Crippen molar-refractivity contribution >= 4 is 11.4 Å². The van der Waals surface area contributed by atoms with Gasteiger partial charge in [0.1, 0.15) is 5.75 Å². The van der Waals surface area contributed by atoms with Crippen molar-refractivity contribution in [1.29, 1.82) is 0 Å². The van der Waals surface area contributed by atoms with Gasteiger partial charge in [0.25, 0.3) is 0 Å². The summed E-state index contributed by atoms with van der Waals surface area (Å²) in [6.07, 6.45) is 1.28. The standard InChI is InChI=1S/C20H17F2NO3/c21-20(22)25-15-8-4-7-13(11-15)16-17(24)18(12-5-2-1-3-6-12)26-19(16)23-14-9-10-14/h1-8,11,14,18,20,23H,9-10H2. The second-order valence-corrected chi connectivity index (χ2v) is 6.30. The number of benzene rings is 2. The number of alkyl halides is 2. The lowest BCUT2D eigenvalue weighted by atomic mass is 9.97. The van der Waals surface area contributed by atoms with Crippen molar-refractivity contribution in [3.8, 4) is 5.75 Å². The van der Waals surface area contributed by atoms with Crippen molar-refractivity contribution in [3.05, 3.63) is 71.6 Å². The predicted octanol–water partition coefficient (Wildman–Crippen LogP) is 4.05. The smallest absolute Gasteiger partial charge is 0.387 e. The number of ether oxygens (including phenoxy) is 2. The first-order chi connectivity index (χ1) is 12.6. The van der Waals surface area contributed by atoms with Crippen molar-refractivity contribution in [2.24, 2.45) is 0 Å². The number of ketones is 1. The monoisotopic (exact) mass is 357 g/mol. The quantitative estimate of drug-likeness (QED) is 0.847. The Kier molecular flexibility index (Phi) is 4.32. The fourth-order valence-electron chi connectivity index (χ4n) is 2.94. The lowest BCUT2D eigenvalue weighted by molar-refractivity contribution is -0.120. The van der Waals surface area contributed by atoms with Gasteiger partial charge in [-0.15, -0.1) is 0 Å². The lowest BCUT2D eigenvalue weighted by Crippen LogP contribution is -2.17. The molecule has 0 bridgehead atoms. The molecule has 26 heavy (non-hydrogen) atoms. The van der Waals surface area contributed by atoms with E-state index < -0.39 is 12.7 Å². The minimum atomic E-state index is -2.92. The molecule has 0 spiro atoms. The maximum Gasteiger partial charge on any atom is 0.387 e. The number of nitrogens with one attached hydrogen (secondary N) is 1. The lowest BCUT2D eigenvalue weighted by Gasteiger charge is -2.12. The van der Waals surface area contributed by atoms with Crippen LogP contribution in [-0.2, 0) is 9.53 Å². The van der Waals surface area contributed by atoms with E-state index in [1.165, 1.54) is 12.1 Å². The van der Waals surface area contributed by atoms with E-state index in [1.807, 2.05) is 30.3 Å². The SMILES string of the molecule is O=C1C(c2cccc(OC(F)F)c2)=C(NC2CC2)OC1c1ccccc1. The zero-order chi connectivity index (χ0) is 18.1. The van der Waals surface area contributed by atoms with E-state index >= 15 is 0 Å². The molecule has 2 aliphatic rings. The van der Waals surface area contributed by atoms with E-state index in [0.717, 1.165) is 18.4 Å². The zero-order valence-electron chi connectivity index (χ0n) is 13.8. The fraction of sp³-hybridized carbons (Fsp3) is 0.250. The molecule has 0 amide bonds. The first kappa shape index (κ1) is 16.6. The van der Waals surface area contributed by atoms with Gasteiger partial charge in [-0.1, -0.05) is 42.5 Å². The Morgan fingerprint density at radius 3 is 2.54 bits per heavy atom. The van der Waals surface area contributed by atoms with Crippen LogP contribution in [0.25, 0.3) is 5.57 Å². The summed E-state index contributed by atoms with van der Waals surface area (Å²) in [6.45, 7) is -2.92. The number of hydrogen-bond donors (Lipinski definition) is 1. The third-order valence-corrected chi connectivity index (χ3v) is 4.31. The van der Waals surface area contributed by atoms with Gasteiger partial charge < -0.3 is 14.8 Å². The molecule has 1 unspecified atom stereocenters. The molecule has 0 radical (unpaired) electrons. The number of carbonyl (C=O) groups excluding carboxylic acids is 1. The molecule has 0 aromatic heterocycles. The highest BCUT2D eigenvalue weighted by molar-refractivity contribution is 6.25. The van der Waals surface area contributed by atoms with Crippen LogP contribution in [0.1, 0.15) is 30.1 Å². The highest BCUT2D eigenvalue weighted by atomic mass is 19.3. The zero-order valence-corrected chi connectivity index (χ0v) is 13.8. The molecule has 134 valence electrons. The van der Waals surface area contributed by atoms with Crippen LogP contribution in [0.5, 0.6) is 5.75 Å². The van der Waals surface area contributed by atoms with Crippen molar-refractivity contribution in [2.45, 2.75) is 31.6 Å². The molecule has 1 N–H and O–H groups in total. The molecule has 2 aromatic carbocycles. The van der Waals surface area contributed by atoms with E-state index in [4.69, 9.17) is 4.74 Å².